The first kappa shape index (κ1) is 11.2. The quantitative estimate of drug-likeness (QED) is 0.713. The molecule has 0 amide bonds. The third-order valence-corrected chi connectivity index (χ3v) is 2.17. The fraction of sp³-hybridized carbons (Fsp3) is 0.333. The molecule has 1 aliphatic rings. The van der Waals surface area contributed by atoms with Gasteiger partial charge in [-0.05, 0) is 24.1 Å². The van der Waals surface area contributed by atoms with Crippen LogP contribution >= 0.6 is 12.4 Å². The molecule has 1 N–H and O–H groups in total. The van der Waals surface area contributed by atoms with E-state index in [1.807, 2.05) is 0 Å². The molecular weight excluding hydrogens is 215 g/mol. The SMILES string of the molecule is Cl.FC(F)(F)c1cccc2c1CCN2. The number of hydrogen-bond acceptors (Lipinski definition) is 1. The minimum atomic E-state index is -4.22. The molecule has 1 nitrogen and oxygen atoms in total. The van der Waals surface area contributed by atoms with Crippen molar-refractivity contribution < 1.29 is 13.2 Å². The summed E-state index contributed by atoms with van der Waals surface area (Å²) in [6.45, 7) is 0.600. The maximum atomic E-state index is 12.4. The van der Waals surface area contributed by atoms with Crippen molar-refractivity contribution in [1.29, 1.82) is 0 Å². The predicted molar refractivity (Wildman–Crippen MR) is 50.9 cm³/mol. The lowest BCUT2D eigenvalue weighted by atomic mass is 10.0. The van der Waals surface area contributed by atoms with E-state index >= 15 is 0 Å². The van der Waals surface area contributed by atoms with Crippen LogP contribution in [0.2, 0.25) is 0 Å². The largest absolute Gasteiger partial charge is 0.416 e. The van der Waals surface area contributed by atoms with E-state index in [9.17, 15) is 13.2 Å². The van der Waals surface area contributed by atoms with Crippen LogP contribution in [-0.4, -0.2) is 6.54 Å². The van der Waals surface area contributed by atoms with Crippen LogP contribution in [0.3, 0.4) is 0 Å². The van der Waals surface area contributed by atoms with Crippen LogP contribution in [0.5, 0.6) is 0 Å². The van der Waals surface area contributed by atoms with Gasteiger partial charge in [-0.25, -0.2) is 0 Å². The molecule has 1 heterocycles. The van der Waals surface area contributed by atoms with Gasteiger partial charge in [0.2, 0.25) is 0 Å². The number of fused-ring (bicyclic) bond motifs is 1. The Hall–Kier alpha value is -0.900. The van der Waals surface area contributed by atoms with Crippen molar-refractivity contribution in [1.82, 2.24) is 0 Å². The molecule has 0 unspecified atom stereocenters. The molecule has 0 saturated carbocycles. The third kappa shape index (κ3) is 1.80. The summed E-state index contributed by atoms with van der Waals surface area (Å²) in [5.41, 5.74) is 0.514. The van der Waals surface area contributed by atoms with Gasteiger partial charge < -0.3 is 5.32 Å². The smallest absolute Gasteiger partial charge is 0.384 e. The second-order valence-corrected chi connectivity index (χ2v) is 3.01. The molecule has 78 valence electrons. The van der Waals surface area contributed by atoms with Gasteiger partial charge in [0.05, 0.1) is 5.56 Å². The highest BCUT2D eigenvalue weighted by Crippen LogP contribution is 2.36. The minimum Gasteiger partial charge on any atom is -0.384 e. The highest BCUT2D eigenvalue weighted by Gasteiger charge is 2.34. The Morgan fingerprint density at radius 2 is 1.93 bits per heavy atom. The molecular formula is C9H9ClF3N. The first-order chi connectivity index (χ1) is 6.09. The van der Waals surface area contributed by atoms with E-state index in [0.717, 1.165) is 6.07 Å². The number of nitrogens with one attached hydrogen (secondary N) is 1. The number of halogens is 4. The Bertz CT molecular complexity index is 335. The molecule has 0 atom stereocenters. The van der Waals surface area contributed by atoms with E-state index in [4.69, 9.17) is 0 Å². The fourth-order valence-electron chi connectivity index (χ4n) is 1.61. The summed E-state index contributed by atoms with van der Waals surface area (Å²) in [7, 11) is 0. The molecule has 0 bridgehead atoms. The van der Waals surface area contributed by atoms with Gasteiger partial charge in [0.25, 0.3) is 0 Å². The van der Waals surface area contributed by atoms with Crippen LogP contribution in [0.25, 0.3) is 0 Å². The summed E-state index contributed by atoms with van der Waals surface area (Å²) >= 11 is 0. The first-order valence-corrected chi connectivity index (χ1v) is 4.02. The van der Waals surface area contributed by atoms with Crippen molar-refractivity contribution in [3.8, 4) is 0 Å². The molecule has 1 aromatic carbocycles. The summed E-state index contributed by atoms with van der Waals surface area (Å²) < 4.78 is 37.2. The standard InChI is InChI=1S/C9H8F3N.ClH/c10-9(11,12)7-2-1-3-8-6(7)4-5-13-8;/h1-3,13H,4-5H2;1H. The third-order valence-electron chi connectivity index (χ3n) is 2.17. The van der Waals surface area contributed by atoms with E-state index in [0.29, 0.717) is 24.2 Å². The fourth-order valence-corrected chi connectivity index (χ4v) is 1.61. The molecule has 14 heavy (non-hydrogen) atoms. The zero-order valence-electron chi connectivity index (χ0n) is 7.19. The first-order valence-electron chi connectivity index (χ1n) is 4.02. The van der Waals surface area contributed by atoms with E-state index in [1.165, 1.54) is 6.07 Å². The van der Waals surface area contributed by atoms with Crippen LogP contribution in [0, 0.1) is 0 Å². The summed E-state index contributed by atoms with van der Waals surface area (Å²) in [5.74, 6) is 0. The van der Waals surface area contributed by atoms with E-state index in [-0.39, 0.29) is 12.4 Å². The predicted octanol–water partition coefficient (Wildman–Crippen LogP) is 3.10. The number of hydrogen-bond donors (Lipinski definition) is 1. The van der Waals surface area contributed by atoms with Gasteiger partial charge in [0.15, 0.2) is 0 Å². The van der Waals surface area contributed by atoms with Gasteiger partial charge in [-0.15, -0.1) is 12.4 Å². The number of anilines is 1. The maximum Gasteiger partial charge on any atom is 0.416 e. The summed E-state index contributed by atoms with van der Waals surface area (Å²) in [6.07, 6.45) is -3.76. The molecule has 5 heteroatoms. The van der Waals surface area contributed by atoms with E-state index in [1.54, 1.807) is 6.07 Å². The molecule has 0 saturated heterocycles. The Labute approximate surface area is 85.7 Å². The Morgan fingerprint density at radius 1 is 1.21 bits per heavy atom. The van der Waals surface area contributed by atoms with Crippen LogP contribution in [0.4, 0.5) is 18.9 Å². The van der Waals surface area contributed by atoms with Crippen molar-refractivity contribution in [3.05, 3.63) is 29.3 Å². The molecule has 0 aromatic heterocycles. The van der Waals surface area contributed by atoms with Crippen molar-refractivity contribution in [2.45, 2.75) is 12.6 Å². The lowest BCUT2D eigenvalue weighted by molar-refractivity contribution is -0.138. The summed E-state index contributed by atoms with van der Waals surface area (Å²) in [4.78, 5) is 0. The normalized spacial score (nSPS) is 14.2. The van der Waals surface area contributed by atoms with Gasteiger partial charge in [0, 0.05) is 12.2 Å². The van der Waals surface area contributed by atoms with Crippen molar-refractivity contribution in [2.24, 2.45) is 0 Å². The number of rotatable bonds is 0. The van der Waals surface area contributed by atoms with E-state index < -0.39 is 11.7 Å². The monoisotopic (exact) mass is 223 g/mol. The van der Waals surface area contributed by atoms with Crippen LogP contribution in [0.15, 0.2) is 18.2 Å². The highest BCUT2D eigenvalue weighted by molar-refractivity contribution is 5.85. The lowest BCUT2D eigenvalue weighted by Gasteiger charge is -2.10. The van der Waals surface area contributed by atoms with Crippen molar-refractivity contribution >= 4 is 18.1 Å². The molecule has 2 rings (SSSR count). The van der Waals surface area contributed by atoms with Gasteiger partial charge in [0.1, 0.15) is 0 Å². The average Bonchev–Trinajstić information content (AvgIpc) is 2.48. The zero-order valence-corrected chi connectivity index (χ0v) is 8.00. The topological polar surface area (TPSA) is 12.0 Å². The zero-order chi connectivity index (χ0) is 9.47. The summed E-state index contributed by atoms with van der Waals surface area (Å²) in [5, 5.41) is 2.91. The van der Waals surface area contributed by atoms with Gasteiger partial charge in [-0.2, -0.15) is 13.2 Å². The minimum absolute atomic E-state index is 0. The number of benzene rings is 1. The molecule has 0 aliphatic carbocycles. The molecule has 1 aliphatic heterocycles. The van der Waals surface area contributed by atoms with Crippen molar-refractivity contribution in [2.75, 3.05) is 11.9 Å². The molecule has 0 spiro atoms. The van der Waals surface area contributed by atoms with Gasteiger partial charge in [-0.3, -0.25) is 0 Å². The molecule has 1 aromatic rings. The lowest BCUT2D eigenvalue weighted by Crippen LogP contribution is -2.07. The number of alkyl halides is 3. The highest BCUT2D eigenvalue weighted by atomic mass is 35.5. The molecule has 0 radical (unpaired) electrons. The average molecular weight is 224 g/mol. The Balaban J connectivity index is 0.000000980. The molecule has 0 fully saturated rings. The van der Waals surface area contributed by atoms with Crippen molar-refractivity contribution in [3.63, 3.8) is 0 Å². The second-order valence-electron chi connectivity index (χ2n) is 3.01. The van der Waals surface area contributed by atoms with Crippen LogP contribution < -0.4 is 5.32 Å². The van der Waals surface area contributed by atoms with Crippen LogP contribution in [-0.2, 0) is 12.6 Å². The Kier molecular flexibility index (Phi) is 2.95. The summed E-state index contributed by atoms with van der Waals surface area (Å²) in [6, 6.07) is 4.24. The van der Waals surface area contributed by atoms with Gasteiger partial charge >= 0.3 is 6.18 Å². The maximum absolute atomic E-state index is 12.4. The van der Waals surface area contributed by atoms with Crippen LogP contribution in [0.1, 0.15) is 11.1 Å². The van der Waals surface area contributed by atoms with Gasteiger partial charge in [-0.1, -0.05) is 6.07 Å². The second kappa shape index (κ2) is 3.69. The van der Waals surface area contributed by atoms with E-state index in [2.05, 4.69) is 5.32 Å². The Morgan fingerprint density at radius 3 is 2.57 bits per heavy atom.